The Bertz CT molecular complexity index is 671. The zero-order valence-corrected chi connectivity index (χ0v) is 18.0. The maximum Gasteiger partial charge on any atom is 0.416 e. The Morgan fingerprint density at radius 2 is 1.79 bits per heavy atom. The molecule has 0 spiro atoms. The summed E-state index contributed by atoms with van der Waals surface area (Å²) in [4.78, 5) is 0. The number of alkyl halides is 3. The predicted octanol–water partition coefficient (Wildman–Crippen LogP) is 6.85. The van der Waals surface area contributed by atoms with Crippen LogP contribution in [-0.2, 0) is 11.6 Å². The highest BCUT2D eigenvalue weighted by molar-refractivity contribution is 5.39. The van der Waals surface area contributed by atoms with E-state index in [0.717, 1.165) is 31.0 Å². The molecule has 29 heavy (non-hydrogen) atoms. The van der Waals surface area contributed by atoms with Gasteiger partial charge in [0.25, 0.3) is 0 Å². The lowest BCUT2D eigenvalue weighted by Gasteiger charge is -2.39. The zero-order chi connectivity index (χ0) is 21.5. The van der Waals surface area contributed by atoms with Crippen LogP contribution in [0.3, 0.4) is 0 Å². The molecule has 0 saturated heterocycles. The summed E-state index contributed by atoms with van der Waals surface area (Å²) in [5.74, 6) is 0.687. The number of hydrogen-bond donors (Lipinski definition) is 1. The maximum absolute atomic E-state index is 13.3. The topological polar surface area (TPSA) is 35.8 Å². The van der Waals surface area contributed by atoms with Crippen molar-refractivity contribution in [3.63, 3.8) is 0 Å². The Balaban J connectivity index is 2.17. The van der Waals surface area contributed by atoms with Crippen molar-refractivity contribution in [3.05, 3.63) is 35.4 Å². The molecule has 0 aromatic heterocycles. The minimum atomic E-state index is -4.41. The number of halogens is 3. The molecule has 2 nitrogen and oxygen atoms in total. The van der Waals surface area contributed by atoms with Crippen molar-refractivity contribution < 1.29 is 13.2 Å². The Kier molecular flexibility index (Phi) is 8.58. The molecule has 0 aliphatic heterocycles. The van der Waals surface area contributed by atoms with Gasteiger partial charge in [0.05, 0.1) is 17.0 Å². The van der Waals surface area contributed by atoms with Crippen LogP contribution in [0.1, 0.15) is 83.3 Å². The molecule has 2 atom stereocenters. The van der Waals surface area contributed by atoms with Crippen molar-refractivity contribution in [1.29, 1.82) is 5.26 Å². The van der Waals surface area contributed by atoms with E-state index in [2.05, 4.69) is 11.4 Å². The highest BCUT2D eigenvalue weighted by atomic mass is 19.4. The molecule has 1 aliphatic rings. The van der Waals surface area contributed by atoms with Crippen LogP contribution in [0.5, 0.6) is 0 Å². The van der Waals surface area contributed by atoms with Gasteiger partial charge in [0.2, 0.25) is 0 Å². The molecule has 1 N–H and O–H groups in total. The molecule has 1 aromatic rings. The molecule has 1 aliphatic carbocycles. The van der Waals surface area contributed by atoms with E-state index in [1.54, 1.807) is 6.07 Å². The summed E-state index contributed by atoms with van der Waals surface area (Å²) >= 11 is 0. The van der Waals surface area contributed by atoms with E-state index in [4.69, 9.17) is 0 Å². The lowest BCUT2D eigenvalue weighted by Crippen LogP contribution is -2.51. The van der Waals surface area contributed by atoms with Gasteiger partial charge >= 0.3 is 6.18 Å². The second-order valence-electron chi connectivity index (χ2n) is 8.78. The van der Waals surface area contributed by atoms with Crippen LogP contribution in [0, 0.1) is 23.2 Å². The fourth-order valence-electron chi connectivity index (χ4n) is 4.93. The summed E-state index contributed by atoms with van der Waals surface area (Å²) in [5.41, 5.74) is -1.24. The van der Waals surface area contributed by atoms with Gasteiger partial charge in [-0.1, -0.05) is 71.1 Å². The molecule has 0 heterocycles. The van der Waals surface area contributed by atoms with E-state index < -0.39 is 17.2 Å². The maximum atomic E-state index is 13.3. The summed E-state index contributed by atoms with van der Waals surface area (Å²) < 4.78 is 39.8. The van der Waals surface area contributed by atoms with E-state index >= 15 is 0 Å². The van der Waals surface area contributed by atoms with Gasteiger partial charge < -0.3 is 5.32 Å². The normalized spacial score (nSPS) is 19.0. The number of hydrogen-bond acceptors (Lipinski definition) is 2. The van der Waals surface area contributed by atoms with Crippen LogP contribution in [0.4, 0.5) is 13.2 Å². The summed E-state index contributed by atoms with van der Waals surface area (Å²) in [7, 11) is 0. The van der Waals surface area contributed by atoms with E-state index in [-0.39, 0.29) is 12.0 Å². The van der Waals surface area contributed by atoms with E-state index in [1.165, 1.54) is 44.6 Å². The molecule has 2 unspecified atom stereocenters. The Labute approximate surface area is 173 Å². The van der Waals surface area contributed by atoms with Gasteiger partial charge in [-0.15, -0.1) is 0 Å². The van der Waals surface area contributed by atoms with E-state index in [0.29, 0.717) is 12.0 Å². The van der Waals surface area contributed by atoms with Crippen molar-refractivity contribution in [2.75, 3.05) is 6.54 Å². The molecule has 5 heteroatoms. The Hall–Kier alpha value is -1.54. The monoisotopic (exact) mass is 408 g/mol. The largest absolute Gasteiger partial charge is 0.416 e. The minimum Gasteiger partial charge on any atom is -0.312 e. The Morgan fingerprint density at radius 1 is 1.14 bits per heavy atom. The van der Waals surface area contributed by atoms with Crippen molar-refractivity contribution in [2.45, 2.75) is 89.8 Å². The molecule has 1 saturated carbocycles. The lowest BCUT2D eigenvalue weighted by atomic mass is 9.66. The first-order chi connectivity index (χ1) is 13.8. The van der Waals surface area contributed by atoms with Crippen molar-refractivity contribution in [3.8, 4) is 6.07 Å². The second kappa shape index (κ2) is 10.5. The molecule has 1 aromatic carbocycles. The molecular formula is C24H35F3N2. The van der Waals surface area contributed by atoms with Gasteiger partial charge in [0, 0.05) is 6.04 Å². The summed E-state index contributed by atoms with van der Waals surface area (Å²) in [6.07, 6.45) is 5.15. The van der Waals surface area contributed by atoms with Gasteiger partial charge in [-0.3, -0.25) is 0 Å². The van der Waals surface area contributed by atoms with Gasteiger partial charge in [-0.2, -0.15) is 18.4 Å². The van der Waals surface area contributed by atoms with Gasteiger partial charge in [0.15, 0.2) is 0 Å². The first-order valence-corrected chi connectivity index (χ1v) is 11.1. The van der Waals surface area contributed by atoms with Gasteiger partial charge in [-0.25, -0.2) is 0 Å². The smallest absolute Gasteiger partial charge is 0.312 e. The Morgan fingerprint density at radius 3 is 2.34 bits per heavy atom. The SMILES string of the molecule is CCC(NCCCC1CCCCC1)C(C#N)(c1cccc(C(F)(F)F)c1)C(C)C. The second-order valence-corrected chi connectivity index (χ2v) is 8.78. The third-order valence-corrected chi connectivity index (χ3v) is 6.63. The summed E-state index contributed by atoms with van der Waals surface area (Å²) in [5, 5.41) is 13.7. The minimum absolute atomic E-state index is 0.119. The highest BCUT2D eigenvalue weighted by Gasteiger charge is 2.44. The standard InChI is InChI=1S/C24H35F3N2/c1-4-22(29-15-9-12-19-10-6-5-7-11-19)23(17-28,18(2)3)20-13-8-14-21(16-20)24(25,26)27/h8,13-14,16,18-19,22,29H,4-7,9-12,15H2,1-3H3. The third kappa shape index (κ3) is 5.75. The van der Waals surface area contributed by atoms with Crippen LogP contribution in [-0.4, -0.2) is 12.6 Å². The fourth-order valence-corrected chi connectivity index (χ4v) is 4.93. The van der Waals surface area contributed by atoms with Gasteiger partial charge in [-0.05, 0) is 49.3 Å². The average molecular weight is 409 g/mol. The lowest BCUT2D eigenvalue weighted by molar-refractivity contribution is -0.137. The van der Waals surface area contributed by atoms with Crippen molar-refractivity contribution in [1.82, 2.24) is 5.32 Å². The number of benzene rings is 1. The van der Waals surface area contributed by atoms with Crippen LogP contribution >= 0.6 is 0 Å². The molecule has 0 amide bonds. The molecule has 0 bridgehead atoms. The molecule has 0 radical (unpaired) electrons. The first-order valence-electron chi connectivity index (χ1n) is 11.1. The molecule has 2 rings (SSSR count). The van der Waals surface area contributed by atoms with Crippen LogP contribution in [0.25, 0.3) is 0 Å². The summed E-state index contributed by atoms with van der Waals surface area (Å²) in [6, 6.07) is 7.56. The third-order valence-electron chi connectivity index (χ3n) is 6.63. The van der Waals surface area contributed by atoms with Gasteiger partial charge in [0.1, 0.15) is 0 Å². The number of nitriles is 1. The van der Waals surface area contributed by atoms with Crippen LogP contribution in [0.15, 0.2) is 24.3 Å². The van der Waals surface area contributed by atoms with Crippen molar-refractivity contribution in [2.24, 2.45) is 11.8 Å². The van der Waals surface area contributed by atoms with E-state index in [9.17, 15) is 18.4 Å². The van der Waals surface area contributed by atoms with Crippen LogP contribution in [0.2, 0.25) is 0 Å². The fraction of sp³-hybridized carbons (Fsp3) is 0.708. The zero-order valence-electron chi connectivity index (χ0n) is 18.0. The molecule has 162 valence electrons. The average Bonchev–Trinajstić information content (AvgIpc) is 2.70. The molecule has 1 fully saturated rings. The predicted molar refractivity (Wildman–Crippen MR) is 111 cm³/mol. The quantitative estimate of drug-likeness (QED) is 0.454. The van der Waals surface area contributed by atoms with E-state index in [1.807, 2.05) is 20.8 Å². The van der Waals surface area contributed by atoms with Crippen molar-refractivity contribution >= 4 is 0 Å². The first kappa shape index (κ1) is 23.7. The highest BCUT2D eigenvalue weighted by Crippen LogP contribution is 2.39. The van der Waals surface area contributed by atoms with Crippen LogP contribution < -0.4 is 5.32 Å². The summed E-state index contributed by atoms with van der Waals surface area (Å²) in [6.45, 7) is 6.65. The number of nitrogens with zero attached hydrogens (tertiary/aromatic N) is 1. The molecular weight excluding hydrogens is 373 g/mol. The number of nitrogens with one attached hydrogen (secondary N) is 1. The number of rotatable bonds is 9.